The zero-order chi connectivity index (χ0) is 76.5. The van der Waals surface area contributed by atoms with Crippen molar-refractivity contribution in [2.45, 2.75) is 0 Å². The molecule has 1 aromatic heterocycles. The Bertz CT molecular complexity index is 6250. The number of fused-ring (bicyclic) bond motifs is 7. The summed E-state index contributed by atoms with van der Waals surface area (Å²) < 4.78 is 41.3. The third-order valence-corrected chi connectivity index (χ3v) is 21.6. The molecule has 0 atom stereocenters. The van der Waals surface area contributed by atoms with Crippen LogP contribution in [0.1, 0.15) is 5.48 Å². The summed E-state index contributed by atoms with van der Waals surface area (Å²) in [5.74, 6) is 0. The zero-order valence-corrected chi connectivity index (χ0v) is 59.8. The van der Waals surface area contributed by atoms with Gasteiger partial charge in [-0.05, 0) is 146 Å². The minimum atomic E-state index is -0.580. The molecule has 7 heteroatoms. The van der Waals surface area contributed by atoms with Gasteiger partial charge < -0.3 is 24.2 Å². The second-order valence-corrected chi connectivity index (χ2v) is 27.8. The molecule has 3 heterocycles. The first kappa shape index (κ1) is 60.6. The minimum Gasteiger partial charge on any atom is -0.310 e. The molecule has 0 saturated heterocycles. The van der Waals surface area contributed by atoms with Gasteiger partial charge in [0.1, 0.15) is 0 Å². The molecule has 0 amide bonds. The van der Waals surface area contributed by atoms with Crippen LogP contribution >= 0.6 is 0 Å². The van der Waals surface area contributed by atoms with Gasteiger partial charge in [-0.2, -0.15) is 0 Å². The highest BCUT2D eigenvalue weighted by atomic mass is 15.2. The molecule has 20 rings (SSSR count). The number of para-hydroxylation sites is 7. The van der Waals surface area contributed by atoms with E-state index >= 15 is 0 Å². The van der Waals surface area contributed by atoms with Gasteiger partial charge in [0.15, 0.2) is 5.69 Å². The van der Waals surface area contributed by atoms with Crippen LogP contribution in [0.25, 0.3) is 99.1 Å². The van der Waals surface area contributed by atoms with Crippen LogP contribution in [-0.2, 0) is 0 Å². The highest BCUT2D eigenvalue weighted by Crippen LogP contribution is 2.57. The molecule has 0 spiro atoms. The lowest BCUT2D eigenvalue weighted by atomic mass is 9.33. The van der Waals surface area contributed by atoms with E-state index in [0.717, 1.165) is 151 Å². The van der Waals surface area contributed by atoms with Crippen LogP contribution in [-0.4, -0.2) is 11.3 Å². The molecular weight excluding hydrogens is 1330 g/mol. The van der Waals surface area contributed by atoms with E-state index < -0.39 is 6.71 Å². The van der Waals surface area contributed by atoms with E-state index in [1.165, 1.54) is 0 Å². The predicted molar refractivity (Wildman–Crippen MR) is 463 cm³/mol. The van der Waals surface area contributed by atoms with E-state index in [4.69, 9.17) is 6.57 Å². The van der Waals surface area contributed by atoms with Crippen LogP contribution in [0, 0.1) is 6.57 Å². The third kappa shape index (κ3) is 11.1. The quantitative estimate of drug-likeness (QED) is 0.0753. The van der Waals surface area contributed by atoms with E-state index in [0.29, 0.717) is 27.7 Å². The van der Waals surface area contributed by atoms with Gasteiger partial charge in [-0.3, -0.25) is 0 Å². The second kappa shape index (κ2) is 27.6. The van der Waals surface area contributed by atoms with Gasteiger partial charge >= 0.3 is 0 Å². The van der Waals surface area contributed by atoms with Crippen molar-refractivity contribution in [3.63, 3.8) is 0 Å². The van der Waals surface area contributed by atoms with Crippen LogP contribution in [0.2, 0.25) is 0 Å². The number of hydrogen-bond donors (Lipinski definition) is 0. The van der Waals surface area contributed by atoms with Gasteiger partial charge in [0.25, 0.3) is 6.71 Å². The lowest BCUT2D eigenvalue weighted by Gasteiger charge is -2.47. The van der Waals surface area contributed by atoms with Crippen molar-refractivity contribution in [2.75, 3.05) is 19.6 Å². The maximum absolute atomic E-state index is 10.3. The zero-order valence-electron chi connectivity index (χ0n) is 63.8. The van der Waals surface area contributed by atoms with Crippen molar-refractivity contribution < 1.29 is 5.48 Å². The third-order valence-electron chi connectivity index (χ3n) is 21.6. The van der Waals surface area contributed by atoms with Gasteiger partial charge in [0.05, 0.1) is 51.5 Å². The lowest BCUT2D eigenvalue weighted by molar-refractivity contribution is 1.16. The highest BCUT2D eigenvalue weighted by Gasteiger charge is 2.47. The molecule has 2 aliphatic rings. The summed E-state index contributed by atoms with van der Waals surface area (Å²) in [6.45, 7) is 7.87. The monoisotopic (exact) mass is 1400 g/mol. The van der Waals surface area contributed by atoms with Crippen molar-refractivity contribution in [3.05, 3.63) is 430 Å². The van der Waals surface area contributed by atoms with E-state index in [2.05, 4.69) is 401 Å². The number of rotatable bonds is 15. The molecule has 0 fully saturated rings. The smallest absolute Gasteiger partial charge is 0.252 e. The fraction of sp³-hybridized carbons (Fsp3) is 0. The Kier molecular flexibility index (Phi) is 15.2. The van der Waals surface area contributed by atoms with Gasteiger partial charge in [-0.25, -0.2) is 4.85 Å². The van der Waals surface area contributed by atoms with Gasteiger partial charge in [0, 0.05) is 84.3 Å². The summed E-state index contributed by atoms with van der Waals surface area (Å²) in [5, 5.41) is 0.845. The number of anilines is 12. The van der Waals surface area contributed by atoms with Crippen LogP contribution in [0.5, 0.6) is 0 Å². The standard InChI is InChI=1S/C103H69BN6/c1-105-77-62-63-94-90(64-77)87-56-32-33-61-93(87)108(94)82-65-99-101-100(66-82)110(103-85(73-40-16-4-17-41-73)59-35-60-86(103)74-42-18-5-19-43-74)98-70-96(107(80-52-28-10-29-53-80)81-54-30-11-31-55-81)89(76-46-22-7-23-47-76)68-92(98)104(101)91-67-88(75-44-20-6-21-45-75)95(106(78-48-24-8-25-49-78)79-50-26-9-27-51-79)69-97(91)109(99)102-83(71-36-12-2-13-37-71)57-34-58-84(102)72-38-14-3-15-39-72/h2-70H/i32D,33D,56D,61D. The molecule has 514 valence electrons. The van der Waals surface area contributed by atoms with Crippen molar-refractivity contribution in [1.29, 1.82) is 0 Å². The topological polar surface area (TPSA) is 22.2 Å². The predicted octanol–water partition coefficient (Wildman–Crippen LogP) is 26.4. The normalized spacial score (nSPS) is 12.4. The van der Waals surface area contributed by atoms with Crippen LogP contribution in [0.15, 0.2) is 418 Å². The summed E-state index contributed by atoms with van der Waals surface area (Å²) in [6, 6.07) is 139. The summed E-state index contributed by atoms with van der Waals surface area (Å²) in [4.78, 5) is 13.8. The fourth-order valence-corrected chi connectivity index (χ4v) is 16.9. The first-order chi connectivity index (χ1) is 56.3. The molecule has 6 nitrogen and oxygen atoms in total. The summed E-state index contributed by atoms with van der Waals surface area (Å²) in [7, 11) is 0. The minimum absolute atomic E-state index is 0.192. The van der Waals surface area contributed by atoms with Gasteiger partial charge in [-0.15, -0.1) is 0 Å². The van der Waals surface area contributed by atoms with Crippen LogP contribution in [0.3, 0.4) is 0 Å². The van der Waals surface area contributed by atoms with Crippen molar-refractivity contribution in [3.8, 4) is 72.4 Å². The Balaban J connectivity index is 1.05. The van der Waals surface area contributed by atoms with Crippen molar-refractivity contribution in [2.24, 2.45) is 0 Å². The fourth-order valence-electron chi connectivity index (χ4n) is 16.9. The maximum atomic E-state index is 10.3. The van der Waals surface area contributed by atoms with Crippen LogP contribution < -0.4 is 36.0 Å². The average molecular weight is 1410 g/mol. The van der Waals surface area contributed by atoms with E-state index in [1.807, 2.05) is 10.6 Å². The number of aromatic nitrogens is 1. The Morgan fingerprint density at radius 2 is 0.618 bits per heavy atom. The van der Waals surface area contributed by atoms with E-state index in [-0.39, 0.29) is 29.7 Å². The Labute approximate surface area is 647 Å². The van der Waals surface area contributed by atoms with E-state index in [9.17, 15) is 5.48 Å². The van der Waals surface area contributed by atoms with Crippen LogP contribution in [0.4, 0.5) is 73.9 Å². The van der Waals surface area contributed by atoms with E-state index in [1.54, 1.807) is 12.1 Å². The molecule has 0 N–H and O–H groups in total. The molecule has 0 radical (unpaired) electrons. The molecule has 17 aromatic carbocycles. The molecule has 0 unspecified atom stereocenters. The maximum Gasteiger partial charge on any atom is 0.252 e. The first-order valence-electron chi connectivity index (χ1n) is 39.2. The second-order valence-electron chi connectivity index (χ2n) is 27.8. The van der Waals surface area contributed by atoms with Gasteiger partial charge in [-0.1, -0.05) is 328 Å². The molecule has 0 bridgehead atoms. The molecule has 18 aromatic rings. The molecule has 0 saturated carbocycles. The molecule has 2 aliphatic heterocycles. The highest BCUT2D eigenvalue weighted by molar-refractivity contribution is 7.00. The largest absolute Gasteiger partial charge is 0.310 e. The number of nitrogens with zero attached hydrogens (tertiary/aromatic N) is 6. The summed E-state index contributed by atoms with van der Waals surface area (Å²) in [6.07, 6.45) is 0. The summed E-state index contributed by atoms with van der Waals surface area (Å²) in [5.41, 5.74) is 27.9. The molecule has 0 aliphatic carbocycles. The number of benzene rings is 17. The first-order valence-corrected chi connectivity index (χ1v) is 37.2. The van der Waals surface area contributed by atoms with Crippen molar-refractivity contribution in [1.82, 2.24) is 4.57 Å². The summed E-state index contributed by atoms with van der Waals surface area (Å²) >= 11 is 0. The number of hydrogen-bond acceptors (Lipinski definition) is 4. The Morgan fingerprint density at radius 3 is 0.964 bits per heavy atom. The Hall–Kier alpha value is -14.7. The van der Waals surface area contributed by atoms with Crippen molar-refractivity contribution >= 4 is 119 Å². The average Bonchev–Trinajstić information content (AvgIpc) is 0.836. The SMILES string of the molecule is [2H]c1c([2H])c([2H])c2c(c1[2H])c1cc([N+]#[C-])ccc1n2-c1cc2c3c(c1)N(c1c(-c4ccccc4)cccc1-c1ccccc1)c1cc(N(c4ccccc4)c4ccccc4)c(-c4ccccc4)cc1B3c1cc(-c3ccccc3)c(N(c3ccccc3)c3ccccc3)cc1N2c1c(-c2ccccc2)cccc1-c1ccccc1. The van der Waals surface area contributed by atoms with Gasteiger partial charge in [0.2, 0.25) is 0 Å². The molecule has 110 heavy (non-hydrogen) atoms. The Morgan fingerprint density at radius 1 is 0.291 bits per heavy atom. The lowest BCUT2D eigenvalue weighted by Crippen LogP contribution is -2.61. The molecular formula is C103H69BN6.